The number of rotatable bonds is 2. The van der Waals surface area contributed by atoms with E-state index in [1.54, 1.807) is 11.8 Å². The van der Waals surface area contributed by atoms with Crippen molar-refractivity contribution in [2.45, 2.75) is 29.7 Å². The lowest BCUT2D eigenvalue weighted by Crippen LogP contribution is -2.43. The first-order valence-electron chi connectivity index (χ1n) is 4.68. The van der Waals surface area contributed by atoms with Crippen molar-refractivity contribution in [3.05, 3.63) is 29.8 Å². The van der Waals surface area contributed by atoms with Crippen LogP contribution in [0, 0.1) is 0 Å². The van der Waals surface area contributed by atoms with Gasteiger partial charge in [-0.3, -0.25) is 0 Å². The highest BCUT2D eigenvalue weighted by atomic mass is 32.2. The highest BCUT2D eigenvalue weighted by Gasteiger charge is 2.34. The molecule has 0 bridgehead atoms. The third-order valence-corrected chi connectivity index (χ3v) is 3.62. The molecule has 1 nitrogen and oxygen atoms in total. The van der Waals surface area contributed by atoms with E-state index in [2.05, 4.69) is 30.5 Å². The minimum atomic E-state index is -0.00819. The Labute approximate surface area is 83.7 Å². The van der Waals surface area contributed by atoms with Crippen LogP contribution in [0.5, 0.6) is 0 Å². The van der Waals surface area contributed by atoms with Gasteiger partial charge in [-0.2, -0.15) is 0 Å². The summed E-state index contributed by atoms with van der Waals surface area (Å²) in [7, 11) is 0. The van der Waals surface area contributed by atoms with Crippen molar-refractivity contribution in [1.82, 2.24) is 0 Å². The van der Waals surface area contributed by atoms with Gasteiger partial charge in [0.15, 0.2) is 0 Å². The van der Waals surface area contributed by atoms with E-state index in [-0.39, 0.29) is 5.54 Å². The van der Waals surface area contributed by atoms with Crippen molar-refractivity contribution >= 4 is 11.8 Å². The summed E-state index contributed by atoms with van der Waals surface area (Å²) in [4.78, 5) is 1.31. The van der Waals surface area contributed by atoms with Crippen molar-refractivity contribution in [2.75, 3.05) is 6.26 Å². The Balaban J connectivity index is 2.29. The summed E-state index contributed by atoms with van der Waals surface area (Å²) < 4.78 is 0. The Hall–Kier alpha value is -0.470. The second-order valence-corrected chi connectivity index (χ2v) is 4.62. The lowest BCUT2D eigenvalue weighted by atomic mass is 9.73. The maximum Gasteiger partial charge on any atom is 0.0410 e. The summed E-state index contributed by atoms with van der Waals surface area (Å²) in [5, 5.41) is 0. The van der Waals surface area contributed by atoms with Crippen LogP contribution in [0.3, 0.4) is 0 Å². The molecule has 1 saturated carbocycles. The van der Waals surface area contributed by atoms with Gasteiger partial charge < -0.3 is 5.73 Å². The molecule has 1 aliphatic carbocycles. The number of benzene rings is 1. The minimum Gasteiger partial charge on any atom is -0.321 e. The monoisotopic (exact) mass is 193 g/mol. The molecule has 1 aromatic carbocycles. The molecular weight excluding hydrogens is 178 g/mol. The largest absolute Gasteiger partial charge is 0.321 e. The Morgan fingerprint density at radius 2 is 2.15 bits per heavy atom. The van der Waals surface area contributed by atoms with Crippen molar-refractivity contribution < 1.29 is 0 Å². The molecule has 2 heteroatoms. The van der Waals surface area contributed by atoms with Crippen LogP contribution >= 0.6 is 11.8 Å². The van der Waals surface area contributed by atoms with Gasteiger partial charge in [0.05, 0.1) is 0 Å². The fourth-order valence-electron chi connectivity index (χ4n) is 1.78. The second kappa shape index (κ2) is 3.35. The topological polar surface area (TPSA) is 26.0 Å². The van der Waals surface area contributed by atoms with Gasteiger partial charge in [0.1, 0.15) is 0 Å². The molecule has 0 aromatic heterocycles. The number of hydrogen-bond acceptors (Lipinski definition) is 2. The van der Waals surface area contributed by atoms with E-state index >= 15 is 0 Å². The quantitative estimate of drug-likeness (QED) is 0.731. The van der Waals surface area contributed by atoms with Crippen LogP contribution in [-0.2, 0) is 5.54 Å². The van der Waals surface area contributed by atoms with Crippen molar-refractivity contribution in [2.24, 2.45) is 5.73 Å². The molecule has 0 atom stereocenters. The Morgan fingerprint density at radius 3 is 2.69 bits per heavy atom. The molecular formula is C11H15NS. The third-order valence-electron chi connectivity index (χ3n) is 2.89. The maximum atomic E-state index is 6.24. The van der Waals surface area contributed by atoms with E-state index < -0.39 is 0 Å². The molecule has 0 amide bonds. The van der Waals surface area contributed by atoms with E-state index in [0.29, 0.717) is 0 Å². The van der Waals surface area contributed by atoms with Gasteiger partial charge in [0, 0.05) is 10.4 Å². The van der Waals surface area contributed by atoms with Crippen LogP contribution in [0.15, 0.2) is 29.2 Å². The molecule has 0 spiro atoms. The molecule has 2 rings (SSSR count). The van der Waals surface area contributed by atoms with Gasteiger partial charge in [-0.05, 0) is 43.2 Å². The molecule has 1 aromatic rings. The van der Waals surface area contributed by atoms with E-state index in [9.17, 15) is 0 Å². The Bertz CT molecular complexity index is 305. The van der Waals surface area contributed by atoms with Gasteiger partial charge in [0.2, 0.25) is 0 Å². The molecule has 1 fully saturated rings. The van der Waals surface area contributed by atoms with E-state index in [0.717, 1.165) is 12.8 Å². The van der Waals surface area contributed by atoms with Crippen LogP contribution in [0.4, 0.5) is 0 Å². The number of nitrogens with two attached hydrogens (primary N) is 1. The highest BCUT2D eigenvalue weighted by molar-refractivity contribution is 7.98. The maximum absolute atomic E-state index is 6.24. The summed E-state index contributed by atoms with van der Waals surface area (Å²) in [5.41, 5.74) is 7.54. The second-order valence-electron chi connectivity index (χ2n) is 3.74. The standard InChI is InChI=1S/C11H15NS/c1-13-10-5-2-4-9(8-10)11(12)6-3-7-11/h2,4-5,8H,3,6-7,12H2,1H3. The SMILES string of the molecule is CSc1cccc(C2(N)CCC2)c1. The summed E-state index contributed by atoms with van der Waals surface area (Å²) in [6.45, 7) is 0. The Kier molecular flexibility index (Phi) is 2.35. The van der Waals surface area contributed by atoms with Crippen LogP contribution in [-0.4, -0.2) is 6.26 Å². The van der Waals surface area contributed by atoms with Gasteiger partial charge in [0.25, 0.3) is 0 Å². The Morgan fingerprint density at radius 1 is 1.38 bits per heavy atom. The van der Waals surface area contributed by atoms with Crippen molar-refractivity contribution in [3.63, 3.8) is 0 Å². The average Bonchev–Trinajstić information content (AvgIpc) is 2.14. The zero-order chi connectivity index (χ0) is 9.31. The minimum absolute atomic E-state index is 0.00819. The molecule has 13 heavy (non-hydrogen) atoms. The predicted molar refractivity (Wildman–Crippen MR) is 57.9 cm³/mol. The van der Waals surface area contributed by atoms with Crippen LogP contribution in [0.1, 0.15) is 24.8 Å². The highest BCUT2D eigenvalue weighted by Crippen LogP contribution is 2.39. The molecule has 2 N–H and O–H groups in total. The first-order chi connectivity index (χ1) is 6.24. The van der Waals surface area contributed by atoms with Crippen molar-refractivity contribution in [1.29, 1.82) is 0 Å². The third kappa shape index (κ3) is 1.61. The number of thioether (sulfide) groups is 1. The fraction of sp³-hybridized carbons (Fsp3) is 0.455. The summed E-state index contributed by atoms with van der Waals surface area (Å²) in [5.74, 6) is 0. The summed E-state index contributed by atoms with van der Waals surface area (Å²) in [6, 6.07) is 8.62. The molecule has 1 aliphatic rings. The lowest BCUT2D eigenvalue weighted by Gasteiger charge is -2.38. The van der Waals surface area contributed by atoms with Crippen molar-refractivity contribution in [3.8, 4) is 0 Å². The van der Waals surface area contributed by atoms with Crippen LogP contribution < -0.4 is 5.73 Å². The summed E-state index contributed by atoms with van der Waals surface area (Å²) >= 11 is 1.78. The van der Waals surface area contributed by atoms with Gasteiger partial charge in [-0.15, -0.1) is 11.8 Å². The lowest BCUT2D eigenvalue weighted by molar-refractivity contribution is 0.253. The fourth-order valence-corrected chi connectivity index (χ4v) is 2.24. The predicted octanol–water partition coefficient (Wildman–Crippen LogP) is 2.75. The van der Waals surface area contributed by atoms with E-state index in [1.165, 1.54) is 16.9 Å². The zero-order valence-electron chi connectivity index (χ0n) is 7.92. The van der Waals surface area contributed by atoms with Crippen LogP contribution in [0.2, 0.25) is 0 Å². The normalized spacial score (nSPS) is 19.5. The van der Waals surface area contributed by atoms with E-state index in [1.807, 2.05) is 0 Å². The zero-order valence-corrected chi connectivity index (χ0v) is 8.73. The average molecular weight is 193 g/mol. The molecule has 0 saturated heterocycles. The molecule has 0 aliphatic heterocycles. The first kappa shape index (κ1) is 9.10. The summed E-state index contributed by atoms with van der Waals surface area (Å²) in [6.07, 6.45) is 5.67. The number of hydrogen-bond donors (Lipinski definition) is 1. The van der Waals surface area contributed by atoms with E-state index in [4.69, 9.17) is 5.73 Å². The molecule has 0 heterocycles. The van der Waals surface area contributed by atoms with Crippen LogP contribution in [0.25, 0.3) is 0 Å². The molecule has 0 unspecified atom stereocenters. The molecule has 0 radical (unpaired) electrons. The van der Waals surface area contributed by atoms with Gasteiger partial charge in [-0.1, -0.05) is 12.1 Å². The smallest absolute Gasteiger partial charge is 0.0410 e. The molecule has 70 valence electrons. The van der Waals surface area contributed by atoms with Gasteiger partial charge >= 0.3 is 0 Å². The van der Waals surface area contributed by atoms with Gasteiger partial charge in [-0.25, -0.2) is 0 Å². The first-order valence-corrected chi connectivity index (χ1v) is 5.90.